The van der Waals surface area contributed by atoms with Crippen LogP contribution < -0.4 is 10.5 Å². The molecule has 0 fully saturated rings. The van der Waals surface area contributed by atoms with Crippen molar-refractivity contribution in [2.45, 2.75) is 52.4 Å². The lowest BCUT2D eigenvalue weighted by molar-refractivity contribution is 0.543. The van der Waals surface area contributed by atoms with E-state index < -0.39 is 0 Å². The molecule has 0 saturated carbocycles. The summed E-state index contributed by atoms with van der Waals surface area (Å²) in [6.45, 7) is 8.56. The lowest BCUT2D eigenvalue weighted by Gasteiger charge is -2.37. The highest BCUT2D eigenvalue weighted by molar-refractivity contribution is 6.04. The Kier molecular flexibility index (Phi) is 4.41. The molecule has 2 aliphatic rings. The molecule has 0 saturated heterocycles. The maximum Gasteiger partial charge on any atom is 0.349 e. The molecular weight excluding hydrogens is 436 g/mol. The molecule has 4 heterocycles. The standard InChI is InChI=1S/C30H28N2O3/c1-16(2)18-8-10-21-19(14-18)9-11-24-26(21)31-29(34-24)25-17(3)23-15-20-6-4-12-32-13-5-7-22(27(20)32)28(23)35-30(25)33/h8-11,14-16H,4-7,12-13H2,1-3H3. The van der Waals surface area contributed by atoms with Crippen molar-refractivity contribution < 1.29 is 8.83 Å². The molecule has 0 amide bonds. The van der Waals surface area contributed by atoms with E-state index >= 15 is 0 Å². The topological polar surface area (TPSA) is 59.5 Å². The predicted octanol–water partition coefficient (Wildman–Crippen LogP) is 6.89. The van der Waals surface area contributed by atoms with Crippen molar-refractivity contribution >= 4 is 38.5 Å². The van der Waals surface area contributed by atoms with Gasteiger partial charge in [-0.15, -0.1) is 0 Å². The van der Waals surface area contributed by atoms with Crippen molar-refractivity contribution in [3.63, 3.8) is 0 Å². The number of benzene rings is 3. The fourth-order valence-electron chi connectivity index (χ4n) is 6.11. The molecule has 0 bridgehead atoms. The number of nitrogens with zero attached hydrogens (tertiary/aromatic N) is 2. The Hall–Kier alpha value is -3.60. The number of anilines is 1. The third-order valence-electron chi connectivity index (χ3n) is 7.93. The minimum atomic E-state index is -0.378. The van der Waals surface area contributed by atoms with Gasteiger partial charge in [-0.3, -0.25) is 0 Å². The summed E-state index contributed by atoms with van der Waals surface area (Å²) in [6.07, 6.45) is 4.27. The highest BCUT2D eigenvalue weighted by Gasteiger charge is 2.29. The second-order valence-corrected chi connectivity index (χ2v) is 10.4. The molecule has 0 spiro atoms. The van der Waals surface area contributed by atoms with Gasteiger partial charge in [0, 0.05) is 35.1 Å². The molecule has 0 radical (unpaired) electrons. The zero-order valence-corrected chi connectivity index (χ0v) is 20.4. The molecule has 0 unspecified atom stereocenters. The highest BCUT2D eigenvalue weighted by Crippen LogP contribution is 2.42. The van der Waals surface area contributed by atoms with Gasteiger partial charge in [-0.25, -0.2) is 9.78 Å². The molecule has 2 aliphatic heterocycles. The van der Waals surface area contributed by atoms with Crippen molar-refractivity contribution in [1.29, 1.82) is 0 Å². The lowest BCUT2D eigenvalue weighted by atomic mass is 9.88. The second kappa shape index (κ2) is 7.45. The third kappa shape index (κ3) is 3.00. The summed E-state index contributed by atoms with van der Waals surface area (Å²) < 4.78 is 12.2. The first-order valence-corrected chi connectivity index (χ1v) is 12.7. The van der Waals surface area contributed by atoms with Gasteiger partial charge in [0.2, 0.25) is 5.89 Å². The Morgan fingerprint density at radius 1 is 0.971 bits per heavy atom. The molecular formula is C30H28N2O3. The van der Waals surface area contributed by atoms with Gasteiger partial charge in [0.1, 0.15) is 16.7 Å². The van der Waals surface area contributed by atoms with E-state index in [9.17, 15) is 4.79 Å². The number of oxazole rings is 1. The monoisotopic (exact) mass is 464 g/mol. The molecule has 5 aromatic rings. The van der Waals surface area contributed by atoms with Crippen molar-refractivity contribution in [2.75, 3.05) is 18.0 Å². The minimum absolute atomic E-state index is 0.335. The molecule has 2 aromatic heterocycles. The van der Waals surface area contributed by atoms with E-state index in [1.807, 2.05) is 13.0 Å². The largest absolute Gasteiger partial charge is 0.436 e. The van der Waals surface area contributed by atoms with E-state index in [1.165, 1.54) is 22.4 Å². The number of fused-ring (bicyclic) bond motifs is 5. The molecule has 0 N–H and O–H groups in total. The van der Waals surface area contributed by atoms with Crippen molar-refractivity contribution in [1.82, 2.24) is 4.98 Å². The Morgan fingerprint density at radius 3 is 2.63 bits per heavy atom. The van der Waals surface area contributed by atoms with Gasteiger partial charge in [0.15, 0.2) is 5.58 Å². The Bertz CT molecular complexity index is 1720. The summed E-state index contributed by atoms with van der Waals surface area (Å²) in [7, 11) is 0. The summed E-state index contributed by atoms with van der Waals surface area (Å²) in [5, 5.41) is 3.16. The SMILES string of the molecule is Cc1c(-c2nc3c(ccc4cc(C(C)C)ccc43)o2)c(=O)oc2c3c4c(cc12)CCCN4CCC3. The van der Waals surface area contributed by atoms with E-state index in [0.717, 1.165) is 71.6 Å². The van der Waals surface area contributed by atoms with Crippen LogP contribution >= 0.6 is 0 Å². The number of hydrogen-bond donors (Lipinski definition) is 0. The Morgan fingerprint density at radius 2 is 1.80 bits per heavy atom. The van der Waals surface area contributed by atoms with E-state index in [1.54, 1.807) is 0 Å². The van der Waals surface area contributed by atoms with Crippen LogP contribution in [-0.4, -0.2) is 18.1 Å². The van der Waals surface area contributed by atoms with Gasteiger partial charge < -0.3 is 13.7 Å². The number of rotatable bonds is 2. The Labute approximate surface area is 203 Å². The van der Waals surface area contributed by atoms with Crippen LogP contribution in [0.3, 0.4) is 0 Å². The molecule has 7 rings (SSSR count). The van der Waals surface area contributed by atoms with Crippen LogP contribution in [0.4, 0.5) is 5.69 Å². The predicted molar refractivity (Wildman–Crippen MR) is 141 cm³/mol. The first kappa shape index (κ1) is 20.7. The molecule has 5 heteroatoms. The Balaban J connectivity index is 1.45. The fraction of sp³-hybridized carbons (Fsp3) is 0.333. The summed E-state index contributed by atoms with van der Waals surface area (Å²) in [4.78, 5) is 20.7. The van der Waals surface area contributed by atoms with Gasteiger partial charge >= 0.3 is 5.63 Å². The first-order chi connectivity index (χ1) is 17.0. The van der Waals surface area contributed by atoms with Crippen LogP contribution in [-0.2, 0) is 12.8 Å². The van der Waals surface area contributed by atoms with Gasteiger partial charge in [-0.2, -0.15) is 0 Å². The normalized spacial score (nSPS) is 15.5. The first-order valence-electron chi connectivity index (χ1n) is 12.7. The van der Waals surface area contributed by atoms with Crippen LogP contribution in [0, 0.1) is 6.92 Å². The van der Waals surface area contributed by atoms with E-state index in [0.29, 0.717) is 23.0 Å². The van der Waals surface area contributed by atoms with Crippen LogP contribution in [0.15, 0.2) is 50.0 Å². The molecule has 5 nitrogen and oxygen atoms in total. The van der Waals surface area contributed by atoms with E-state index in [2.05, 4.69) is 49.1 Å². The molecule has 176 valence electrons. The summed E-state index contributed by atoms with van der Waals surface area (Å²) in [6, 6.07) is 12.7. The molecule has 0 aliphatic carbocycles. The van der Waals surface area contributed by atoms with Gasteiger partial charge in [0.25, 0.3) is 0 Å². The summed E-state index contributed by atoms with van der Waals surface area (Å²) >= 11 is 0. The third-order valence-corrected chi connectivity index (χ3v) is 7.93. The van der Waals surface area contributed by atoms with Crippen molar-refractivity contribution in [2.24, 2.45) is 0 Å². The van der Waals surface area contributed by atoms with Crippen molar-refractivity contribution in [3.05, 3.63) is 69.1 Å². The van der Waals surface area contributed by atoms with E-state index in [4.69, 9.17) is 13.8 Å². The number of aromatic nitrogens is 1. The summed E-state index contributed by atoms with van der Waals surface area (Å²) in [5.74, 6) is 0.789. The highest BCUT2D eigenvalue weighted by atomic mass is 16.4. The van der Waals surface area contributed by atoms with Gasteiger partial charge in [-0.05, 0) is 72.7 Å². The van der Waals surface area contributed by atoms with Crippen LogP contribution in [0.5, 0.6) is 0 Å². The maximum atomic E-state index is 13.4. The average molecular weight is 465 g/mol. The van der Waals surface area contributed by atoms with Gasteiger partial charge in [-0.1, -0.05) is 38.1 Å². The average Bonchev–Trinajstić information content (AvgIpc) is 3.29. The number of hydrogen-bond acceptors (Lipinski definition) is 5. The van der Waals surface area contributed by atoms with Crippen LogP contribution in [0.25, 0.3) is 44.3 Å². The second-order valence-electron chi connectivity index (χ2n) is 10.4. The van der Waals surface area contributed by atoms with Crippen molar-refractivity contribution in [3.8, 4) is 11.5 Å². The van der Waals surface area contributed by atoms with Gasteiger partial charge in [0.05, 0.1) is 0 Å². The summed E-state index contributed by atoms with van der Waals surface area (Å²) in [5.41, 5.74) is 8.29. The molecule has 0 atom stereocenters. The smallest absolute Gasteiger partial charge is 0.349 e. The number of aryl methyl sites for hydroxylation is 3. The zero-order valence-electron chi connectivity index (χ0n) is 20.4. The quantitative estimate of drug-likeness (QED) is 0.266. The van der Waals surface area contributed by atoms with E-state index in [-0.39, 0.29) is 5.63 Å². The van der Waals surface area contributed by atoms with Crippen LogP contribution in [0.1, 0.15) is 54.9 Å². The molecule has 35 heavy (non-hydrogen) atoms. The minimum Gasteiger partial charge on any atom is -0.436 e. The zero-order chi connectivity index (χ0) is 23.8. The maximum absolute atomic E-state index is 13.4. The fourth-order valence-corrected chi connectivity index (χ4v) is 6.11. The van der Waals surface area contributed by atoms with Crippen LogP contribution in [0.2, 0.25) is 0 Å². The molecule has 3 aromatic carbocycles. The lowest BCUT2D eigenvalue weighted by Crippen LogP contribution is -2.34.